The first-order valence-corrected chi connectivity index (χ1v) is 6.07. The van der Waals surface area contributed by atoms with Crippen LogP contribution in [-0.2, 0) is 6.42 Å². The number of carbonyl (C=O) groups is 1. The first-order valence-electron chi connectivity index (χ1n) is 6.07. The quantitative estimate of drug-likeness (QED) is 0.578. The zero-order valence-corrected chi connectivity index (χ0v) is 10.7. The minimum absolute atomic E-state index is 0.252. The molecule has 1 aromatic carbocycles. The highest BCUT2D eigenvalue weighted by Crippen LogP contribution is 2.16. The maximum Gasteiger partial charge on any atom is 0.274 e. The molecule has 0 radical (unpaired) electrons. The number of nitrogens with one attached hydrogen (secondary N) is 2. The molecule has 2 rings (SSSR count). The lowest BCUT2D eigenvalue weighted by atomic mass is 10.1. The number of hydrogen-bond donors (Lipinski definition) is 3. The van der Waals surface area contributed by atoms with Gasteiger partial charge < -0.3 is 10.7 Å². The number of nitrogens with zero attached hydrogens (tertiary/aromatic N) is 1. The van der Waals surface area contributed by atoms with E-state index in [1.54, 1.807) is 18.2 Å². The molecule has 0 aliphatic carbocycles. The number of nitrogen functional groups attached to an aromatic ring is 1. The summed E-state index contributed by atoms with van der Waals surface area (Å²) in [6.45, 7) is 2.04. The molecule has 5 nitrogen and oxygen atoms in total. The summed E-state index contributed by atoms with van der Waals surface area (Å²) < 4.78 is 0. The Bertz CT molecular complexity index is 583. The van der Waals surface area contributed by atoms with Crippen molar-refractivity contribution in [2.75, 3.05) is 10.7 Å². The van der Waals surface area contributed by atoms with Gasteiger partial charge in [-0.2, -0.15) is 0 Å². The van der Waals surface area contributed by atoms with Gasteiger partial charge in [-0.15, -0.1) is 0 Å². The molecule has 2 aromatic rings. The molecule has 0 spiro atoms. The summed E-state index contributed by atoms with van der Waals surface area (Å²) in [6, 6.07) is 12.8. The van der Waals surface area contributed by atoms with Gasteiger partial charge in [0.2, 0.25) is 0 Å². The zero-order valence-electron chi connectivity index (χ0n) is 10.7. The molecule has 1 amide bonds. The molecule has 0 aliphatic rings. The van der Waals surface area contributed by atoms with E-state index in [1.807, 2.05) is 31.2 Å². The second-order valence-corrected chi connectivity index (χ2v) is 4.02. The number of amides is 1. The molecule has 0 fully saturated rings. The van der Waals surface area contributed by atoms with E-state index in [-0.39, 0.29) is 5.91 Å². The van der Waals surface area contributed by atoms with Gasteiger partial charge >= 0.3 is 0 Å². The largest absolute Gasteiger partial charge is 0.320 e. The van der Waals surface area contributed by atoms with E-state index in [2.05, 4.69) is 15.7 Å². The molecule has 0 atom stereocenters. The second kappa shape index (κ2) is 5.97. The van der Waals surface area contributed by atoms with Crippen LogP contribution in [0.1, 0.15) is 23.0 Å². The average Bonchev–Trinajstić information content (AvgIpc) is 2.47. The van der Waals surface area contributed by atoms with Gasteiger partial charge in [-0.3, -0.25) is 4.79 Å². The summed E-state index contributed by atoms with van der Waals surface area (Å²) >= 11 is 0. The molecule has 4 N–H and O–H groups in total. The van der Waals surface area contributed by atoms with Crippen LogP contribution in [0.25, 0.3) is 0 Å². The molecule has 1 heterocycles. The van der Waals surface area contributed by atoms with Crippen molar-refractivity contribution >= 4 is 17.4 Å². The fourth-order valence-corrected chi connectivity index (χ4v) is 1.78. The van der Waals surface area contributed by atoms with Gasteiger partial charge in [0.1, 0.15) is 11.5 Å². The minimum atomic E-state index is -0.252. The number of pyridine rings is 1. The van der Waals surface area contributed by atoms with Gasteiger partial charge in [0.15, 0.2) is 0 Å². The monoisotopic (exact) mass is 256 g/mol. The number of aromatic nitrogens is 1. The molecule has 0 aliphatic heterocycles. The number of anilines is 2. The number of nitrogens with two attached hydrogens (primary N) is 1. The van der Waals surface area contributed by atoms with E-state index in [1.165, 1.54) is 0 Å². The third-order valence-corrected chi connectivity index (χ3v) is 2.78. The minimum Gasteiger partial charge on any atom is -0.320 e. The van der Waals surface area contributed by atoms with Crippen molar-refractivity contribution in [2.24, 2.45) is 5.84 Å². The zero-order chi connectivity index (χ0) is 13.7. The molecule has 0 unspecified atom stereocenters. The average molecular weight is 256 g/mol. The van der Waals surface area contributed by atoms with Crippen molar-refractivity contribution in [2.45, 2.75) is 13.3 Å². The lowest BCUT2D eigenvalue weighted by molar-refractivity contribution is 0.102. The highest BCUT2D eigenvalue weighted by atomic mass is 16.1. The molecular formula is C14H16N4O. The van der Waals surface area contributed by atoms with Crippen LogP contribution in [-0.4, -0.2) is 10.9 Å². The van der Waals surface area contributed by atoms with Crippen LogP contribution in [0.15, 0.2) is 42.5 Å². The summed E-state index contributed by atoms with van der Waals surface area (Å²) in [4.78, 5) is 16.2. The van der Waals surface area contributed by atoms with Crippen LogP contribution in [0.4, 0.5) is 11.5 Å². The first-order chi connectivity index (χ1) is 9.24. The summed E-state index contributed by atoms with van der Waals surface area (Å²) in [7, 11) is 0. The van der Waals surface area contributed by atoms with Crippen molar-refractivity contribution in [3.8, 4) is 0 Å². The molecule has 0 saturated heterocycles. The lowest BCUT2D eigenvalue weighted by Gasteiger charge is -2.09. The number of benzene rings is 1. The van der Waals surface area contributed by atoms with Crippen LogP contribution >= 0.6 is 0 Å². The fourth-order valence-electron chi connectivity index (χ4n) is 1.78. The van der Waals surface area contributed by atoms with Crippen LogP contribution < -0.4 is 16.6 Å². The Morgan fingerprint density at radius 1 is 1.21 bits per heavy atom. The van der Waals surface area contributed by atoms with Crippen molar-refractivity contribution < 1.29 is 4.79 Å². The normalized spacial score (nSPS) is 10.0. The van der Waals surface area contributed by atoms with Crippen molar-refractivity contribution in [3.05, 3.63) is 53.7 Å². The van der Waals surface area contributed by atoms with E-state index in [0.29, 0.717) is 11.5 Å². The third-order valence-electron chi connectivity index (χ3n) is 2.78. The Balaban J connectivity index is 2.20. The Morgan fingerprint density at radius 2 is 2.00 bits per heavy atom. The number of rotatable bonds is 4. The standard InChI is InChI=1S/C14H16N4O/c1-2-10-6-3-4-7-11(10)17-14(19)12-8-5-9-13(16-12)18-15/h3-9H,2,15H2,1H3,(H,16,18)(H,17,19). The maximum absolute atomic E-state index is 12.1. The number of aryl methyl sites for hydroxylation is 1. The van der Waals surface area contributed by atoms with Crippen molar-refractivity contribution in [1.29, 1.82) is 0 Å². The predicted octanol–water partition coefficient (Wildman–Crippen LogP) is 2.18. The summed E-state index contributed by atoms with van der Waals surface area (Å²) in [5.41, 5.74) is 4.63. The number of hydrazine groups is 1. The van der Waals surface area contributed by atoms with Crippen LogP contribution in [0.5, 0.6) is 0 Å². The van der Waals surface area contributed by atoms with Crippen LogP contribution in [0.2, 0.25) is 0 Å². The lowest BCUT2D eigenvalue weighted by Crippen LogP contribution is -2.16. The molecule has 0 bridgehead atoms. The van der Waals surface area contributed by atoms with E-state index < -0.39 is 0 Å². The molecule has 5 heteroatoms. The van der Waals surface area contributed by atoms with Gasteiger partial charge in [0.25, 0.3) is 5.91 Å². The summed E-state index contributed by atoms with van der Waals surface area (Å²) in [5, 5.41) is 2.86. The third kappa shape index (κ3) is 3.08. The summed E-state index contributed by atoms with van der Waals surface area (Å²) in [5.74, 6) is 5.48. The molecule has 0 saturated carbocycles. The molecule has 1 aromatic heterocycles. The Kier molecular flexibility index (Phi) is 4.10. The topological polar surface area (TPSA) is 80.0 Å². The van der Waals surface area contributed by atoms with E-state index in [4.69, 9.17) is 5.84 Å². The predicted molar refractivity (Wildman–Crippen MR) is 75.8 cm³/mol. The Labute approximate surface area is 111 Å². The second-order valence-electron chi connectivity index (χ2n) is 4.02. The highest BCUT2D eigenvalue weighted by molar-refractivity contribution is 6.03. The number of carbonyl (C=O) groups excluding carboxylic acids is 1. The molecule has 98 valence electrons. The van der Waals surface area contributed by atoms with E-state index in [9.17, 15) is 4.79 Å². The van der Waals surface area contributed by atoms with Crippen LogP contribution in [0.3, 0.4) is 0 Å². The van der Waals surface area contributed by atoms with Gasteiger partial charge in [-0.25, -0.2) is 10.8 Å². The van der Waals surface area contributed by atoms with Gasteiger partial charge in [-0.1, -0.05) is 31.2 Å². The highest BCUT2D eigenvalue weighted by Gasteiger charge is 2.09. The van der Waals surface area contributed by atoms with E-state index in [0.717, 1.165) is 17.7 Å². The van der Waals surface area contributed by atoms with Crippen molar-refractivity contribution in [3.63, 3.8) is 0 Å². The van der Waals surface area contributed by atoms with Crippen molar-refractivity contribution in [1.82, 2.24) is 4.98 Å². The Hall–Kier alpha value is -2.40. The van der Waals surface area contributed by atoms with Crippen LogP contribution in [0, 0.1) is 0 Å². The van der Waals surface area contributed by atoms with Gasteiger partial charge in [0, 0.05) is 5.69 Å². The van der Waals surface area contributed by atoms with E-state index >= 15 is 0 Å². The first kappa shape index (κ1) is 13.0. The number of para-hydroxylation sites is 1. The smallest absolute Gasteiger partial charge is 0.274 e. The van der Waals surface area contributed by atoms with Gasteiger partial charge in [0.05, 0.1) is 0 Å². The maximum atomic E-state index is 12.1. The molecule has 19 heavy (non-hydrogen) atoms. The fraction of sp³-hybridized carbons (Fsp3) is 0.143. The SMILES string of the molecule is CCc1ccccc1NC(=O)c1cccc(NN)n1. The summed E-state index contributed by atoms with van der Waals surface area (Å²) in [6.07, 6.45) is 0.855. The van der Waals surface area contributed by atoms with Gasteiger partial charge in [-0.05, 0) is 30.2 Å². The number of hydrogen-bond acceptors (Lipinski definition) is 4. The molecular weight excluding hydrogens is 240 g/mol. The Morgan fingerprint density at radius 3 is 2.74 bits per heavy atom.